The van der Waals surface area contributed by atoms with Gasteiger partial charge in [-0.15, -0.1) is 0 Å². The Kier molecular flexibility index (Phi) is 5.49. The van der Waals surface area contributed by atoms with Crippen molar-refractivity contribution < 1.29 is 23.8 Å². The molecule has 1 aliphatic rings. The average Bonchev–Trinajstić information content (AvgIpc) is 3.06. The third kappa shape index (κ3) is 3.77. The van der Waals surface area contributed by atoms with Gasteiger partial charge in [-0.25, -0.2) is 4.39 Å². The van der Waals surface area contributed by atoms with Crippen molar-refractivity contribution in [2.24, 2.45) is 0 Å². The number of nitrogens with zero attached hydrogens (tertiary/aromatic N) is 2. The summed E-state index contributed by atoms with van der Waals surface area (Å²) in [5, 5.41) is 10.9. The normalized spacial score (nSPS) is 17.7. The smallest absolute Gasteiger partial charge is 0.300 e. The number of ketones is 1. The van der Waals surface area contributed by atoms with E-state index in [0.717, 1.165) is 0 Å². The molecule has 3 aromatic rings. The van der Waals surface area contributed by atoms with E-state index in [2.05, 4.69) is 4.98 Å². The zero-order valence-electron chi connectivity index (χ0n) is 16.7. The Morgan fingerprint density at radius 3 is 2.42 bits per heavy atom. The summed E-state index contributed by atoms with van der Waals surface area (Å²) in [7, 11) is 0. The van der Waals surface area contributed by atoms with Crippen molar-refractivity contribution in [3.63, 3.8) is 0 Å². The monoisotopic (exact) mass is 418 g/mol. The number of rotatable bonds is 5. The van der Waals surface area contributed by atoms with Crippen LogP contribution in [-0.4, -0.2) is 28.4 Å². The Bertz CT molecular complexity index is 1140. The van der Waals surface area contributed by atoms with Gasteiger partial charge < -0.3 is 9.84 Å². The summed E-state index contributed by atoms with van der Waals surface area (Å²) in [5.74, 6) is -1.82. The molecule has 0 radical (unpaired) electrons. The lowest BCUT2D eigenvalue weighted by molar-refractivity contribution is -0.132. The van der Waals surface area contributed by atoms with Gasteiger partial charge in [-0.05, 0) is 67.1 Å². The predicted molar refractivity (Wildman–Crippen MR) is 113 cm³/mol. The molecule has 1 atom stereocenters. The highest BCUT2D eigenvalue weighted by atomic mass is 19.1. The lowest BCUT2D eigenvalue weighted by Crippen LogP contribution is -2.29. The first-order valence-electron chi connectivity index (χ1n) is 9.71. The number of hydrogen-bond donors (Lipinski definition) is 1. The van der Waals surface area contributed by atoms with Crippen molar-refractivity contribution in [3.8, 4) is 5.75 Å². The molecule has 1 aromatic heterocycles. The van der Waals surface area contributed by atoms with Gasteiger partial charge in [-0.1, -0.05) is 6.07 Å². The van der Waals surface area contributed by atoms with E-state index in [1.165, 1.54) is 35.4 Å². The van der Waals surface area contributed by atoms with Crippen LogP contribution in [0.4, 0.5) is 10.1 Å². The highest BCUT2D eigenvalue weighted by molar-refractivity contribution is 6.51. The zero-order valence-corrected chi connectivity index (χ0v) is 16.7. The summed E-state index contributed by atoms with van der Waals surface area (Å²) in [5.41, 5.74) is 1.18. The van der Waals surface area contributed by atoms with Crippen LogP contribution in [0, 0.1) is 5.82 Å². The maximum absolute atomic E-state index is 13.3. The summed E-state index contributed by atoms with van der Waals surface area (Å²) in [6, 6.07) is 14.4. The molecule has 0 saturated carbocycles. The fourth-order valence-corrected chi connectivity index (χ4v) is 3.58. The molecule has 2 aromatic carbocycles. The van der Waals surface area contributed by atoms with Crippen molar-refractivity contribution >= 4 is 23.1 Å². The maximum Gasteiger partial charge on any atom is 0.300 e. The van der Waals surface area contributed by atoms with Gasteiger partial charge in [-0.2, -0.15) is 0 Å². The molecule has 7 heteroatoms. The molecule has 1 saturated heterocycles. The van der Waals surface area contributed by atoms with Crippen LogP contribution in [0.3, 0.4) is 0 Å². The van der Waals surface area contributed by atoms with Crippen LogP contribution in [0.2, 0.25) is 0 Å². The molecule has 31 heavy (non-hydrogen) atoms. The second kappa shape index (κ2) is 8.39. The number of carbonyl (C=O) groups is 2. The van der Waals surface area contributed by atoms with Gasteiger partial charge in [0.15, 0.2) is 0 Å². The van der Waals surface area contributed by atoms with Gasteiger partial charge in [0, 0.05) is 23.6 Å². The van der Waals surface area contributed by atoms with E-state index in [4.69, 9.17) is 4.74 Å². The zero-order chi connectivity index (χ0) is 22.0. The Hall–Kier alpha value is -4.00. The van der Waals surface area contributed by atoms with E-state index < -0.39 is 23.5 Å². The van der Waals surface area contributed by atoms with Crippen molar-refractivity contribution in [1.82, 2.24) is 4.98 Å². The molecule has 156 valence electrons. The fourth-order valence-electron chi connectivity index (χ4n) is 3.58. The van der Waals surface area contributed by atoms with Gasteiger partial charge >= 0.3 is 0 Å². The molecule has 6 nitrogen and oxygen atoms in total. The van der Waals surface area contributed by atoms with Crippen molar-refractivity contribution in [2.75, 3.05) is 11.5 Å². The highest BCUT2D eigenvalue weighted by Crippen LogP contribution is 2.42. The molecular formula is C24H19FN2O4. The second-order valence-corrected chi connectivity index (χ2v) is 6.89. The molecule has 0 aliphatic carbocycles. The number of pyridine rings is 1. The third-order valence-corrected chi connectivity index (χ3v) is 4.99. The molecule has 1 aliphatic heterocycles. The molecule has 1 unspecified atom stereocenters. The summed E-state index contributed by atoms with van der Waals surface area (Å²) in [6.45, 7) is 2.36. The summed E-state index contributed by atoms with van der Waals surface area (Å²) < 4.78 is 18.8. The molecule has 0 spiro atoms. The van der Waals surface area contributed by atoms with E-state index in [0.29, 0.717) is 23.6 Å². The van der Waals surface area contributed by atoms with E-state index in [1.807, 2.05) is 6.92 Å². The number of ether oxygens (including phenoxy) is 1. The Morgan fingerprint density at radius 1 is 1.10 bits per heavy atom. The number of halogens is 1. The lowest BCUT2D eigenvalue weighted by atomic mass is 9.96. The van der Waals surface area contributed by atoms with Crippen LogP contribution in [0.5, 0.6) is 5.75 Å². The second-order valence-electron chi connectivity index (χ2n) is 6.89. The first kappa shape index (κ1) is 20.3. The first-order valence-corrected chi connectivity index (χ1v) is 9.71. The number of amides is 1. The summed E-state index contributed by atoms with van der Waals surface area (Å²) in [6.07, 6.45) is 3.11. The molecule has 0 bridgehead atoms. The van der Waals surface area contributed by atoms with Crippen LogP contribution >= 0.6 is 0 Å². The molecular weight excluding hydrogens is 399 g/mol. The number of benzene rings is 2. The van der Waals surface area contributed by atoms with Gasteiger partial charge in [0.05, 0.1) is 18.2 Å². The van der Waals surface area contributed by atoms with E-state index >= 15 is 0 Å². The quantitative estimate of drug-likeness (QED) is 0.381. The van der Waals surface area contributed by atoms with Crippen molar-refractivity contribution in [1.29, 1.82) is 0 Å². The van der Waals surface area contributed by atoms with Gasteiger partial charge in [0.25, 0.3) is 11.7 Å². The van der Waals surface area contributed by atoms with Crippen LogP contribution in [0.1, 0.15) is 24.1 Å². The molecule has 1 fully saturated rings. The Labute approximate surface area is 178 Å². The predicted octanol–water partition coefficient (Wildman–Crippen LogP) is 4.25. The van der Waals surface area contributed by atoms with Gasteiger partial charge in [-0.3, -0.25) is 19.5 Å². The number of aromatic nitrogens is 1. The van der Waals surface area contributed by atoms with Gasteiger partial charge in [0.1, 0.15) is 17.3 Å². The number of carbonyl (C=O) groups excluding carboxylic acids is 2. The van der Waals surface area contributed by atoms with Crippen LogP contribution in [0.15, 0.2) is 78.6 Å². The van der Waals surface area contributed by atoms with Crippen LogP contribution < -0.4 is 9.64 Å². The number of aliphatic hydroxyl groups is 1. The number of anilines is 1. The molecule has 4 rings (SSSR count). The lowest BCUT2D eigenvalue weighted by Gasteiger charge is -2.25. The largest absolute Gasteiger partial charge is 0.507 e. The van der Waals surface area contributed by atoms with Crippen LogP contribution in [0.25, 0.3) is 5.76 Å². The minimum atomic E-state index is -0.892. The molecule has 1 amide bonds. The first-order chi connectivity index (χ1) is 15.0. The Morgan fingerprint density at radius 2 is 1.81 bits per heavy atom. The van der Waals surface area contributed by atoms with E-state index in [9.17, 15) is 19.1 Å². The molecule has 2 heterocycles. The van der Waals surface area contributed by atoms with Crippen molar-refractivity contribution in [3.05, 3.63) is 95.6 Å². The van der Waals surface area contributed by atoms with E-state index in [-0.39, 0.29) is 16.9 Å². The standard InChI is InChI=1S/C24H19FN2O4/c1-2-31-19-11-9-18(10-12-19)27-21(16-4-3-13-26-14-16)20(23(29)24(27)30)22(28)15-5-7-17(25)8-6-15/h3-14,21,28H,2H2,1H3/b22-20-. The third-order valence-electron chi connectivity index (χ3n) is 4.99. The SMILES string of the molecule is CCOc1ccc(N2C(=O)C(=O)/C(=C(\O)c3ccc(F)cc3)C2c2cccnc2)cc1. The maximum atomic E-state index is 13.3. The number of Topliss-reactive ketones (excluding diaryl/α,β-unsaturated/α-hetero) is 1. The summed E-state index contributed by atoms with van der Waals surface area (Å²) in [4.78, 5) is 31.4. The summed E-state index contributed by atoms with van der Waals surface area (Å²) >= 11 is 0. The van der Waals surface area contributed by atoms with E-state index in [1.54, 1.807) is 42.6 Å². The average molecular weight is 418 g/mol. The van der Waals surface area contributed by atoms with Crippen molar-refractivity contribution in [2.45, 2.75) is 13.0 Å². The van der Waals surface area contributed by atoms with Crippen LogP contribution in [-0.2, 0) is 9.59 Å². The topological polar surface area (TPSA) is 79.7 Å². The fraction of sp³-hybridized carbons (Fsp3) is 0.125. The van der Waals surface area contributed by atoms with Gasteiger partial charge in [0.2, 0.25) is 0 Å². The number of aliphatic hydroxyl groups excluding tert-OH is 1. The Balaban J connectivity index is 1.87. The minimum Gasteiger partial charge on any atom is -0.507 e. The molecule has 1 N–H and O–H groups in total. The minimum absolute atomic E-state index is 0.0847. The number of hydrogen-bond acceptors (Lipinski definition) is 5. The highest BCUT2D eigenvalue weighted by Gasteiger charge is 2.47.